The molecular formula is C25H42N4O5. The van der Waals surface area contributed by atoms with Crippen LogP contribution >= 0.6 is 0 Å². The second kappa shape index (κ2) is 11.3. The molecule has 4 amide bonds. The van der Waals surface area contributed by atoms with E-state index in [4.69, 9.17) is 5.73 Å². The van der Waals surface area contributed by atoms with Gasteiger partial charge in [0, 0.05) is 12.5 Å². The van der Waals surface area contributed by atoms with E-state index in [2.05, 4.69) is 10.6 Å². The van der Waals surface area contributed by atoms with Crippen molar-refractivity contribution in [1.29, 1.82) is 0 Å². The Morgan fingerprint density at radius 1 is 0.971 bits per heavy atom. The summed E-state index contributed by atoms with van der Waals surface area (Å²) >= 11 is 0. The molecule has 0 bridgehead atoms. The molecular weight excluding hydrogens is 436 g/mol. The molecule has 0 aromatic heterocycles. The zero-order chi connectivity index (χ0) is 25.9. The van der Waals surface area contributed by atoms with Gasteiger partial charge in [-0.1, -0.05) is 61.3 Å². The van der Waals surface area contributed by atoms with Crippen LogP contribution in [0.15, 0.2) is 0 Å². The van der Waals surface area contributed by atoms with Gasteiger partial charge in [-0.3, -0.25) is 24.0 Å². The quantitative estimate of drug-likeness (QED) is 0.384. The summed E-state index contributed by atoms with van der Waals surface area (Å²) in [7, 11) is 0. The average molecular weight is 479 g/mol. The topological polar surface area (TPSA) is 139 Å². The third-order valence-electron chi connectivity index (χ3n) is 7.06. The van der Waals surface area contributed by atoms with Gasteiger partial charge in [-0.15, -0.1) is 0 Å². The van der Waals surface area contributed by atoms with Crippen molar-refractivity contribution in [3.63, 3.8) is 0 Å². The highest BCUT2D eigenvalue weighted by Crippen LogP contribution is 2.37. The number of nitrogens with one attached hydrogen (secondary N) is 2. The molecule has 192 valence electrons. The first-order valence-electron chi connectivity index (χ1n) is 12.5. The molecule has 1 unspecified atom stereocenters. The van der Waals surface area contributed by atoms with E-state index in [0.29, 0.717) is 13.0 Å². The summed E-state index contributed by atoms with van der Waals surface area (Å²) in [6, 6.07) is -2.56. The lowest BCUT2D eigenvalue weighted by atomic mass is 9.82. The van der Waals surface area contributed by atoms with Gasteiger partial charge in [-0.25, -0.2) is 0 Å². The van der Waals surface area contributed by atoms with Gasteiger partial charge in [0.25, 0.3) is 5.91 Å². The Labute approximate surface area is 202 Å². The minimum atomic E-state index is -1.07. The minimum absolute atomic E-state index is 0.0436. The lowest BCUT2D eigenvalue weighted by molar-refractivity contribution is -0.145. The molecule has 0 aromatic rings. The summed E-state index contributed by atoms with van der Waals surface area (Å²) in [6.45, 7) is 13.6. The summed E-state index contributed by atoms with van der Waals surface area (Å²) in [5.74, 6) is -3.03. The van der Waals surface area contributed by atoms with E-state index in [0.717, 1.165) is 12.8 Å². The van der Waals surface area contributed by atoms with Crippen molar-refractivity contribution in [2.75, 3.05) is 6.54 Å². The SMILES string of the molecule is CC(C)C(=O)N[C@H](C(=O)N1C[C@H](C)[C@H](C(C)C)[C@H]1C(=O)NC(CC1CC1)C(=O)C(N)=O)C(C)C. The average Bonchev–Trinajstić information content (AvgIpc) is 3.48. The summed E-state index contributed by atoms with van der Waals surface area (Å²) in [5, 5.41) is 5.60. The summed E-state index contributed by atoms with van der Waals surface area (Å²) in [6.07, 6.45) is 2.27. The van der Waals surface area contributed by atoms with Crippen LogP contribution in [0.5, 0.6) is 0 Å². The van der Waals surface area contributed by atoms with Crippen LogP contribution in [0.4, 0.5) is 0 Å². The third kappa shape index (κ3) is 6.57. The fourth-order valence-electron chi connectivity index (χ4n) is 4.99. The molecule has 4 N–H and O–H groups in total. The van der Waals surface area contributed by atoms with Crippen LogP contribution in [-0.4, -0.2) is 59.0 Å². The number of rotatable bonds is 11. The third-order valence-corrected chi connectivity index (χ3v) is 7.06. The summed E-state index contributed by atoms with van der Waals surface area (Å²) in [4.78, 5) is 65.2. The van der Waals surface area contributed by atoms with Crippen molar-refractivity contribution in [3.8, 4) is 0 Å². The van der Waals surface area contributed by atoms with Gasteiger partial charge in [-0.2, -0.15) is 0 Å². The van der Waals surface area contributed by atoms with Crippen LogP contribution in [0.25, 0.3) is 0 Å². The fourth-order valence-corrected chi connectivity index (χ4v) is 4.99. The molecule has 1 saturated carbocycles. The van der Waals surface area contributed by atoms with E-state index < -0.39 is 35.7 Å². The van der Waals surface area contributed by atoms with Gasteiger partial charge in [0.2, 0.25) is 23.5 Å². The van der Waals surface area contributed by atoms with Gasteiger partial charge >= 0.3 is 0 Å². The van der Waals surface area contributed by atoms with E-state index in [1.165, 1.54) is 0 Å². The number of hydrogen-bond donors (Lipinski definition) is 3. The van der Waals surface area contributed by atoms with E-state index in [-0.39, 0.29) is 47.3 Å². The number of primary amides is 1. The molecule has 1 heterocycles. The first-order valence-corrected chi connectivity index (χ1v) is 12.5. The van der Waals surface area contributed by atoms with E-state index in [1.807, 2.05) is 34.6 Å². The first-order chi connectivity index (χ1) is 15.8. The maximum atomic E-state index is 13.7. The zero-order valence-electron chi connectivity index (χ0n) is 21.6. The van der Waals surface area contributed by atoms with Gasteiger partial charge in [0.15, 0.2) is 0 Å². The molecule has 2 fully saturated rings. The van der Waals surface area contributed by atoms with Crippen LogP contribution in [-0.2, 0) is 24.0 Å². The molecule has 1 aliphatic heterocycles. The van der Waals surface area contributed by atoms with Crippen LogP contribution in [0.3, 0.4) is 0 Å². The summed E-state index contributed by atoms with van der Waals surface area (Å²) < 4.78 is 0. The Morgan fingerprint density at radius 2 is 1.56 bits per heavy atom. The van der Waals surface area contributed by atoms with Crippen molar-refractivity contribution >= 4 is 29.4 Å². The Balaban J connectivity index is 2.34. The van der Waals surface area contributed by atoms with E-state index in [9.17, 15) is 24.0 Å². The summed E-state index contributed by atoms with van der Waals surface area (Å²) in [5.41, 5.74) is 5.23. The maximum Gasteiger partial charge on any atom is 0.287 e. The smallest absolute Gasteiger partial charge is 0.287 e. The Kier molecular flexibility index (Phi) is 9.25. The van der Waals surface area contributed by atoms with Gasteiger partial charge in [-0.05, 0) is 36.0 Å². The number of carbonyl (C=O) groups excluding carboxylic acids is 5. The highest BCUT2D eigenvalue weighted by Gasteiger charge is 2.49. The molecule has 2 rings (SSSR count). The van der Waals surface area contributed by atoms with Crippen molar-refractivity contribution in [2.45, 2.75) is 85.9 Å². The largest absolute Gasteiger partial charge is 0.363 e. The number of amides is 4. The number of ketones is 1. The molecule has 9 nitrogen and oxygen atoms in total. The molecule has 9 heteroatoms. The van der Waals surface area contributed by atoms with Crippen molar-refractivity contribution in [3.05, 3.63) is 0 Å². The monoisotopic (exact) mass is 478 g/mol. The molecule has 1 aliphatic carbocycles. The molecule has 1 saturated heterocycles. The van der Waals surface area contributed by atoms with E-state index >= 15 is 0 Å². The van der Waals surface area contributed by atoms with Gasteiger partial charge in [0.1, 0.15) is 12.1 Å². The Bertz CT molecular complexity index is 805. The molecule has 0 spiro atoms. The normalized spacial score (nSPS) is 24.3. The molecule has 0 aromatic carbocycles. The highest BCUT2D eigenvalue weighted by molar-refractivity contribution is 6.37. The highest BCUT2D eigenvalue weighted by atomic mass is 16.2. The number of likely N-dealkylation sites (tertiary alicyclic amines) is 1. The molecule has 0 radical (unpaired) electrons. The second-order valence-electron chi connectivity index (χ2n) is 11.1. The predicted molar refractivity (Wildman–Crippen MR) is 128 cm³/mol. The lowest BCUT2D eigenvalue weighted by Gasteiger charge is -2.34. The number of nitrogens with two attached hydrogens (primary N) is 1. The number of Topliss-reactive ketones (excluding diaryl/α,β-unsaturated/α-hetero) is 1. The predicted octanol–water partition coefficient (Wildman–Crippen LogP) is 1.24. The zero-order valence-corrected chi connectivity index (χ0v) is 21.6. The second-order valence-corrected chi connectivity index (χ2v) is 11.1. The Morgan fingerprint density at radius 3 is 2.00 bits per heavy atom. The maximum absolute atomic E-state index is 13.7. The van der Waals surface area contributed by atoms with Crippen LogP contribution in [0.2, 0.25) is 0 Å². The van der Waals surface area contributed by atoms with Crippen molar-refractivity contribution in [1.82, 2.24) is 15.5 Å². The molecule has 2 aliphatic rings. The first kappa shape index (κ1) is 27.8. The van der Waals surface area contributed by atoms with Crippen LogP contribution < -0.4 is 16.4 Å². The lowest BCUT2D eigenvalue weighted by Crippen LogP contribution is -2.59. The van der Waals surface area contributed by atoms with Crippen LogP contribution in [0.1, 0.15) is 67.7 Å². The van der Waals surface area contributed by atoms with E-state index in [1.54, 1.807) is 18.7 Å². The Hall–Kier alpha value is -2.45. The molecule has 34 heavy (non-hydrogen) atoms. The number of hydrogen-bond acceptors (Lipinski definition) is 5. The van der Waals surface area contributed by atoms with Crippen LogP contribution in [0, 0.1) is 35.5 Å². The van der Waals surface area contributed by atoms with Gasteiger partial charge < -0.3 is 21.3 Å². The minimum Gasteiger partial charge on any atom is -0.363 e. The standard InChI is InChI=1S/C25H42N4O5/c1-12(2)18-15(7)11-29(25(34)19(13(3)4)28-23(32)14(5)6)20(18)24(33)27-17(10-16-8-9-16)21(30)22(26)31/h12-20H,8-11H2,1-7H3,(H2,26,31)(H,27,33)(H,28,32)/t15-,17?,18-,19-,20-/m0/s1. The fraction of sp³-hybridized carbons (Fsp3) is 0.800. The van der Waals surface area contributed by atoms with Crippen molar-refractivity contribution in [2.24, 2.45) is 41.2 Å². The molecule has 5 atom stereocenters. The van der Waals surface area contributed by atoms with Gasteiger partial charge in [0.05, 0.1) is 6.04 Å². The number of nitrogens with zero attached hydrogens (tertiary/aromatic N) is 1. The van der Waals surface area contributed by atoms with Crippen molar-refractivity contribution < 1.29 is 24.0 Å². The number of carbonyl (C=O) groups is 5.